The summed E-state index contributed by atoms with van der Waals surface area (Å²) in [6.07, 6.45) is -3.47. The molecule has 0 saturated heterocycles. The van der Waals surface area contributed by atoms with Crippen molar-refractivity contribution in [2.45, 2.75) is 29.3 Å². The van der Waals surface area contributed by atoms with Gasteiger partial charge >= 0.3 is 6.18 Å². The fourth-order valence-electron chi connectivity index (χ4n) is 4.34. The minimum Gasteiger partial charge on any atom is -0.454 e. The second-order valence-electron chi connectivity index (χ2n) is 9.17. The summed E-state index contributed by atoms with van der Waals surface area (Å²) in [7, 11) is -1.00. The number of anilines is 1. The normalized spacial score (nSPS) is 16.1. The van der Waals surface area contributed by atoms with E-state index in [1.54, 1.807) is 18.2 Å². The topological polar surface area (TPSA) is 84.9 Å². The zero-order valence-corrected chi connectivity index (χ0v) is 20.7. The minimum atomic E-state index is -4.66. The van der Waals surface area contributed by atoms with Crippen LogP contribution in [0.3, 0.4) is 0 Å². The number of halogens is 3. The van der Waals surface area contributed by atoms with E-state index in [2.05, 4.69) is 5.32 Å². The third-order valence-electron chi connectivity index (χ3n) is 6.64. The van der Waals surface area contributed by atoms with Gasteiger partial charge in [0.1, 0.15) is 0 Å². The molecule has 1 fully saturated rings. The Labute approximate surface area is 213 Å². The average Bonchev–Trinajstić information content (AvgIpc) is 3.54. The molecule has 1 aliphatic heterocycles. The molecule has 5 rings (SSSR count). The van der Waals surface area contributed by atoms with Crippen LogP contribution in [0.2, 0.25) is 0 Å². The summed E-state index contributed by atoms with van der Waals surface area (Å²) in [4.78, 5) is 13.2. The summed E-state index contributed by atoms with van der Waals surface area (Å²) in [5.41, 5.74) is -0.758. The zero-order chi connectivity index (χ0) is 26.6. The molecular formula is C26H25F3N2O5S. The van der Waals surface area contributed by atoms with Gasteiger partial charge in [-0.25, -0.2) is 12.7 Å². The minimum absolute atomic E-state index is 0. The number of hydrogen-bond acceptors (Lipinski definition) is 5. The number of amides is 1. The second kappa shape index (κ2) is 8.77. The number of alkyl halides is 3. The summed E-state index contributed by atoms with van der Waals surface area (Å²) >= 11 is 0. The predicted molar refractivity (Wildman–Crippen MR) is 132 cm³/mol. The number of fused-ring (bicyclic) bond motifs is 1. The van der Waals surface area contributed by atoms with Crippen LogP contribution in [0, 0.1) is 0 Å². The van der Waals surface area contributed by atoms with Crippen LogP contribution in [-0.4, -0.2) is 39.5 Å². The molecule has 37 heavy (non-hydrogen) atoms. The number of nitrogens with one attached hydrogen (secondary N) is 1. The van der Waals surface area contributed by atoms with Crippen LogP contribution in [0.15, 0.2) is 65.6 Å². The Morgan fingerprint density at radius 2 is 1.65 bits per heavy atom. The first-order chi connectivity index (χ1) is 17.4. The number of nitrogens with zero attached hydrogens (tertiary/aromatic N) is 1. The number of carbonyl (C=O) groups excluding carboxylic acids is 1. The molecule has 2 aliphatic rings. The van der Waals surface area contributed by atoms with Crippen molar-refractivity contribution in [3.63, 3.8) is 0 Å². The fourth-order valence-corrected chi connectivity index (χ4v) is 5.24. The van der Waals surface area contributed by atoms with Crippen LogP contribution < -0.4 is 14.8 Å². The molecule has 7 nitrogen and oxygen atoms in total. The van der Waals surface area contributed by atoms with E-state index in [1.807, 2.05) is 0 Å². The average molecular weight is 535 g/mol. The van der Waals surface area contributed by atoms with E-state index in [9.17, 15) is 26.4 Å². The molecule has 196 valence electrons. The monoisotopic (exact) mass is 534 g/mol. The molecule has 1 heterocycles. The molecule has 11 heteroatoms. The van der Waals surface area contributed by atoms with Crippen molar-refractivity contribution < 1.29 is 37.3 Å². The highest BCUT2D eigenvalue weighted by atomic mass is 32.2. The molecule has 3 aromatic rings. The van der Waals surface area contributed by atoms with Crippen molar-refractivity contribution in [1.82, 2.24) is 4.31 Å². The first-order valence-electron chi connectivity index (χ1n) is 11.4. The fraction of sp³-hybridized carbons (Fsp3) is 0.269. The van der Waals surface area contributed by atoms with Crippen LogP contribution in [0.5, 0.6) is 11.5 Å². The van der Waals surface area contributed by atoms with Crippen molar-refractivity contribution in [1.29, 1.82) is 0 Å². The Balaban J connectivity index is 0.00000336. The predicted octanol–water partition coefficient (Wildman–Crippen LogP) is 5.27. The van der Waals surface area contributed by atoms with Gasteiger partial charge in [0.15, 0.2) is 11.5 Å². The van der Waals surface area contributed by atoms with Crippen molar-refractivity contribution in [3.8, 4) is 22.6 Å². The highest BCUT2D eigenvalue weighted by molar-refractivity contribution is 7.89. The SMILES string of the molecule is CN(C)S(=O)(=O)c1ccc(-c2cc(NC(=O)C3(c4ccc5c(c4)OCO5)CC3)ccc2C(F)(F)F)cc1.[HH]. The molecule has 1 N–H and O–H groups in total. The van der Waals surface area contributed by atoms with E-state index >= 15 is 0 Å². The Bertz CT molecular complexity index is 1490. The maximum Gasteiger partial charge on any atom is 0.417 e. The van der Waals surface area contributed by atoms with Gasteiger partial charge in [0.05, 0.1) is 15.9 Å². The van der Waals surface area contributed by atoms with Crippen LogP contribution in [0.4, 0.5) is 18.9 Å². The van der Waals surface area contributed by atoms with Gasteiger partial charge in [-0.3, -0.25) is 4.79 Å². The number of rotatable bonds is 6. The number of carbonyl (C=O) groups is 1. The lowest BCUT2D eigenvalue weighted by atomic mass is 9.94. The molecule has 0 radical (unpaired) electrons. The number of ether oxygens (including phenoxy) is 2. The van der Waals surface area contributed by atoms with E-state index in [0.717, 1.165) is 15.9 Å². The standard InChI is InChI=1S/C26H23F3N2O5S.H2/c1-31(2)37(33,34)19-7-3-16(4-8-19)20-14-18(6-9-21(20)26(27,28)29)30-24(32)25(11-12-25)17-5-10-22-23(13-17)36-15-35-22;/h3-10,13-14H,11-12,15H2,1-2H3,(H,30,32);1H. The van der Waals surface area contributed by atoms with Gasteiger partial charge in [0.25, 0.3) is 0 Å². The molecule has 1 amide bonds. The summed E-state index contributed by atoms with van der Waals surface area (Å²) in [6.45, 7) is 0.106. The summed E-state index contributed by atoms with van der Waals surface area (Å²) in [5.74, 6) is 0.814. The third kappa shape index (κ3) is 4.53. The lowest BCUT2D eigenvalue weighted by Crippen LogP contribution is -2.27. The van der Waals surface area contributed by atoms with Crippen LogP contribution in [0.25, 0.3) is 11.1 Å². The number of sulfonamides is 1. The quantitative estimate of drug-likeness (QED) is 0.466. The Morgan fingerprint density at radius 3 is 2.27 bits per heavy atom. The Morgan fingerprint density at radius 1 is 0.973 bits per heavy atom. The highest BCUT2D eigenvalue weighted by Crippen LogP contribution is 2.51. The first kappa shape index (κ1) is 25.1. The Kier molecular flexibility index (Phi) is 5.95. The number of hydrogen-bond donors (Lipinski definition) is 1. The Hall–Kier alpha value is -3.57. The second-order valence-corrected chi connectivity index (χ2v) is 11.3. The largest absolute Gasteiger partial charge is 0.454 e. The van der Waals surface area contributed by atoms with E-state index in [-0.39, 0.29) is 35.8 Å². The van der Waals surface area contributed by atoms with Gasteiger partial charge in [-0.2, -0.15) is 13.2 Å². The van der Waals surface area contributed by atoms with Crippen LogP contribution >= 0.6 is 0 Å². The first-order valence-corrected chi connectivity index (χ1v) is 12.8. The van der Waals surface area contributed by atoms with Gasteiger partial charge < -0.3 is 14.8 Å². The molecule has 0 spiro atoms. The molecule has 1 saturated carbocycles. The lowest BCUT2D eigenvalue weighted by molar-refractivity contribution is -0.137. The van der Waals surface area contributed by atoms with Crippen molar-refractivity contribution in [2.24, 2.45) is 0 Å². The maximum atomic E-state index is 13.8. The molecular weight excluding hydrogens is 509 g/mol. The summed E-state index contributed by atoms with van der Waals surface area (Å²) < 4.78 is 77.9. The van der Waals surface area contributed by atoms with Gasteiger partial charge in [0.2, 0.25) is 22.7 Å². The smallest absolute Gasteiger partial charge is 0.417 e. The molecule has 3 aromatic carbocycles. The summed E-state index contributed by atoms with van der Waals surface area (Å²) in [5, 5.41) is 2.77. The highest BCUT2D eigenvalue weighted by Gasteiger charge is 2.51. The maximum absolute atomic E-state index is 13.8. The van der Waals surface area contributed by atoms with Crippen molar-refractivity contribution in [2.75, 3.05) is 26.2 Å². The van der Waals surface area contributed by atoms with Crippen LogP contribution in [-0.2, 0) is 26.4 Å². The van der Waals surface area contributed by atoms with Gasteiger partial charge in [0, 0.05) is 21.2 Å². The van der Waals surface area contributed by atoms with E-state index < -0.39 is 27.2 Å². The third-order valence-corrected chi connectivity index (χ3v) is 8.47. The molecule has 0 unspecified atom stereocenters. The lowest BCUT2D eigenvalue weighted by Gasteiger charge is -2.19. The van der Waals surface area contributed by atoms with E-state index in [1.165, 1.54) is 50.5 Å². The zero-order valence-electron chi connectivity index (χ0n) is 19.9. The summed E-state index contributed by atoms with van der Waals surface area (Å²) in [6, 6.07) is 13.8. The van der Waals surface area contributed by atoms with Crippen LogP contribution in [0.1, 0.15) is 25.4 Å². The van der Waals surface area contributed by atoms with Gasteiger partial charge in [-0.15, -0.1) is 0 Å². The van der Waals surface area contributed by atoms with E-state index in [4.69, 9.17) is 9.47 Å². The van der Waals surface area contributed by atoms with Gasteiger partial charge in [-0.05, 0) is 72.0 Å². The molecule has 0 atom stereocenters. The molecule has 1 aliphatic carbocycles. The number of benzene rings is 3. The van der Waals surface area contributed by atoms with Gasteiger partial charge in [-0.1, -0.05) is 18.2 Å². The molecule has 0 aromatic heterocycles. The van der Waals surface area contributed by atoms with Crippen molar-refractivity contribution in [3.05, 3.63) is 71.8 Å². The van der Waals surface area contributed by atoms with E-state index in [0.29, 0.717) is 24.3 Å². The van der Waals surface area contributed by atoms with Crippen molar-refractivity contribution >= 4 is 21.6 Å². The molecule has 0 bridgehead atoms.